The quantitative estimate of drug-likeness (QED) is 0.828. The molecule has 0 saturated carbocycles. The molecule has 1 unspecified atom stereocenters. The molecule has 0 aromatic heterocycles. The first-order valence-electron chi connectivity index (χ1n) is 10.7. The minimum atomic E-state index is -0.298. The molecule has 3 rings (SSSR count). The molecular formula is C23H33N3O3. The van der Waals surface area contributed by atoms with Crippen molar-refractivity contribution in [3.63, 3.8) is 0 Å². The van der Waals surface area contributed by atoms with Gasteiger partial charge in [-0.3, -0.25) is 14.4 Å². The zero-order valence-electron chi connectivity index (χ0n) is 18.0. The molecule has 0 aliphatic carbocycles. The predicted molar refractivity (Wildman–Crippen MR) is 113 cm³/mol. The lowest BCUT2D eigenvalue weighted by Crippen LogP contribution is -2.49. The van der Waals surface area contributed by atoms with Gasteiger partial charge in [0.15, 0.2) is 0 Å². The van der Waals surface area contributed by atoms with E-state index >= 15 is 0 Å². The van der Waals surface area contributed by atoms with Crippen LogP contribution < -0.4 is 10.2 Å². The SMILES string of the molecule is CCC(C)(C)NC(=O)C1CCN(C(=O)C2CC(=O)N(c3ccc(C)cc3)C2)CC1. The molecule has 1 N–H and O–H groups in total. The third-order valence-electron chi connectivity index (χ3n) is 6.34. The van der Waals surface area contributed by atoms with Gasteiger partial charge >= 0.3 is 0 Å². The first-order valence-corrected chi connectivity index (χ1v) is 10.7. The highest BCUT2D eigenvalue weighted by Gasteiger charge is 2.38. The Bertz CT molecular complexity index is 764. The summed E-state index contributed by atoms with van der Waals surface area (Å²) in [6.45, 7) is 9.73. The number of carbonyl (C=O) groups excluding carboxylic acids is 3. The Morgan fingerprint density at radius 2 is 1.72 bits per heavy atom. The van der Waals surface area contributed by atoms with Gasteiger partial charge in [0.1, 0.15) is 0 Å². The van der Waals surface area contributed by atoms with Crippen molar-refractivity contribution in [2.45, 2.75) is 58.9 Å². The Kier molecular flexibility index (Phi) is 6.30. The molecule has 1 aromatic carbocycles. The minimum absolute atomic E-state index is 0.00302. The Balaban J connectivity index is 1.54. The number of hydrogen-bond acceptors (Lipinski definition) is 3. The molecule has 2 aliphatic heterocycles. The van der Waals surface area contributed by atoms with E-state index in [0.717, 1.165) is 17.7 Å². The minimum Gasteiger partial charge on any atom is -0.351 e. The van der Waals surface area contributed by atoms with Gasteiger partial charge in [-0.1, -0.05) is 24.6 Å². The van der Waals surface area contributed by atoms with Crippen LogP contribution in [-0.4, -0.2) is 47.8 Å². The topological polar surface area (TPSA) is 69.7 Å². The van der Waals surface area contributed by atoms with Crippen molar-refractivity contribution < 1.29 is 14.4 Å². The molecule has 0 spiro atoms. The highest BCUT2D eigenvalue weighted by molar-refractivity contribution is 6.00. The number of nitrogens with one attached hydrogen (secondary N) is 1. The van der Waals surface area contributed by atoms with Crippen molar-refractivity contribution in [2.75, 3.05) is 24.5 Å². The second-order valence-electron chi connectivity index (χ2n) is 9.07. The maximum Gasteiger partial charge on any atom is 0.228 e. The van der Waals surface area contributed by atoms with Crippen LogP contribution >= 0.6 is 0 Å². The van der Waals surface area contributed by atoms with Crippen molar-refractivity contribution in [3.05, 3.63) is 29.8 Å². The van der Waals surface area contributed by atoms with E-state index in [9.17, 15) is 14.4 Å². The normalized spacial score (nSPS) is 20.8. The summed E-state index contributed by atoms with van der Waals surface area (Å²) in [5.41, 5.74) is 1.79. The fourth-order valence-electron chi connectivity index (χ4n) is 3.99. The smallest absolute Gasteiger partial charge is 0.228 e. The summed E-state index contributed by atoms with van der Waals surface area (Å²) >= 11 is 0. The lowest BCUT2D eigenvalue weighted by atomic mass is 9.92. The van der Waals surface area contributed by atoms with Gasteiger partial charge in [0.25, 0.3) is 0 Å². The van der Waals surface area contributed by atoms with E-state index in [1.807, 2.05) is 49.9 Å². The molecule has 2 aliphatic rings. The van der Waals surface area contributed by atoms with Crippen molar-refractivity contribution >= 4 is 23.4 Å². The van der Waals surface area contributed by atoms with E-state index in [1.54, 1.807) is 4.90 Å². The summed E-state index contributed by atoms with van der Waals surface area (Å²) < 4.78 is 0. The summed E-state index contributed by atoms with van der Waals surface area (Å²) in [4.78, 5) is 41.5. The standard InChI is InChI=1S/C23H33N3O3/c1-5-23(3,4)24-21(28)17-10-12-25(13-11-17)22(29)18-14-20(27)26(15-18)19-8-6-16(2)7-9-19/h6-9,17-18H,5,10-15H2,1-4H3,(H,24,28). The predicted octanol–water partition coefficient (Wildman–Crippen LogP) is 2.89. The molecule has 3 amide bonds. The summed E-state index contributed by atoms with van der Waals surface area (Å²) in [6.07, 6.45) is 2.50. The lowest BCUT2D eigenvalue weighted by molar-refractivity contribution is -0.139. The molecule has 29 heavy (non-hydrogen) atoms. The number of likely N-dealkylation sites (tertiary alicyclic amines) is 1. The first kappa shape index (κ1) is 21.3. The highest BCUT2D eigenvalue weighted by Crippen LogP contribution is 2.28. The summed E-state index contributed by atoms with van der Waals surface area (Å²) in [7, 11) is 0. The maximum atomic E-state index is 13.0. The first-order chi connectivity index (χ1) is 13.7. The van der Waals surface area contributed by atoms with Crippen LogP contribution in [0.1, 0.15) is 52.0 Å². The van der Waals surface area contributed by atoms with Gasteiger partial charge in [0, 0.05) is 43.2 Å². The van der Waals surface area contributed by atoms with E-state index in [2.05, 4.69) is 12.2 Å². The molecule has 6 nitrogen and oxygen atoms in total. The average Bonchev–Trinajstić information content (AvgIpc) is 3.09. The number of piperidine rings is 1. The number of hydrogen-bond donors (Lipinski definition) is 1. The number of benzene rings is 1. The van der Waals surface area contributed by atoms with Crippen molar-refractivity contribution in [2.24, 2.45) is 11.8 Å². The molecule has 2 heterocycles. The number of anilines is 1. The Labute approximate surface area is 173 Å². The molecule has 0 radical (unpaired) electrons. The molecule has 2 saturated heterocycles. The van der Waals surface area contributed by atoms with Gasteiger partial charge in [-0.05, 0) is 52.2 Å². The number of amides is 3. The monoisotopic (exact) mass is 399 g/mol. The van der Waals surface area contributed by atoms with E-state index in [0.29, 0.717) is 32.5 Å². The highest BCUT2D eigenvalue weighted by atomic mass is 16.2. The van der Waals surface area contributed by atoms with Gasteiger partial charge in [-0.2, -0.15) is 0 Å². The summed E-state index contributed by atoms with van der Waals surface area (Å²) in [5.74, 6) is -0.207. The fourth-order valence-corrected chi connectivity index (χ4v) is 3.99. The number of aryl methyl sites for hydroxylation is 1. The second-order valence-corrected chi connectivity index (χ2v) is 9.07. The zero-order valence-corrected chi connectivity index (χ0v) is 18.0. The Morgan fingerprint density at radius 1 is 1.10 bits per heavy atom. The molecule has 6 heteroatoms. The van der Waals surface area contributed by atoms with Gasteiger partial charge in [0.2, 0.25) is 17.7 Å². The molecule has 1 aromatic rings. The molecule has 0 bridgehead atoms. The van der Waals surface area contributed by atoms with Crippen LogP contribution in [0.25, 0.3) is 0 Å². The number of nitrogens with zero attached hydrogens (tertiary/aromatic N) is 2. The van der Waals surface area contributed by atoms with Crippen LogP contribution in [0.5, 0.6) is 0 Å². The Morgan fingerprint density at radius 3 is 2.31 bits per heavy atom. The molecular weight excluding hydrogens is 366 g/mol. The molecule has 158 valence electrons. The summed E-state index contributed by atoms with van der Waals surface area (Å²) in [5, 5.41) is 3.11. The van der Waals surface area contributed by atoms with E-state index in [-0.39, 0.29) is 41.5 Å². The largest absolute Gasteiger partial charge is 0.351 e. The molecule has 2 fully saturated rings. The van der Waals surface area contributed by atoms with Crippen LogP contribution in [-0.2, 0) is 14.4 Å². The van der Waals surface area contributed by atoms with E-state index in [4.69, 9.17) is 0 Å². The number of carbonyl (C=O) groups is 3. The van der Waals surface area contributed by atoms with Crippen LogP contribution in [0.4, 0.5) is 5.69 Å². The second kappa shape index (κ2) is 8.56. The van der Waals surface area contributed by atoms with Crippen LogP contribution in [0.3, 0.4) is 0 Å². The van der Waals surface area contributed by atoms with Crippen LogP contribution in [0.15, 0.2) is 24.3 Å². The summed E-state index contributed by atoms with van der Waals surface area (Å²) in [6, 6.07) is 7.82. The average molecular weight is 400 g/mol. The molecule has 1 atom stereocenters. The van der Waals surface area contributed by atoms with Crippen LogP contribution in [0.2, 0.25) is 0 Å². The maximum absolute atomic E-state index is 13.0. The van der Waals surface area contributed by atoms with Crippen LogP contribution in [0, 0.1) is 18.8 Å². The lowest BCUT2D eigenvalue weighted by Gasteiger charge is -2.34. The zero-order chi connectivity index (χ0) is 21.2. The van der Waals surface area contributed by atoms with Gasteiger partial charge in [-0.25, -0.2) is 0 Å². The van der Waals surface area contributed by atoms with Crippen molar-refractivity contribution in [1.82, 2.24) is 10.2 Å². The van der Waals surface area contributed by atoms with Gasteiger partial charge < -0.3 is 15.1 Å². The third kappa shape index (κ3) is 4.98. The fraction of sp³-hybridized carbons (Fsp3) is 0.609. The Hall–Kier alpha value is -2.37. The van der Waals surface area contributed by atoms with Crippen molar-refractivity contribution in [1.29, 1.82) is 0 Å². The van der Waals surface area contributed by atoms with E-state index in [1.165, 1.54) is 0 Å². The van der Waals surface area contributed by atoms with Gasteiger partial charge in [-0.15, -0.1) is 0 Å². The third-order valence-corrected chi connectivity index (χ3v) is 6.34. The van der Waals surface area contributed by atoms with Gasteiger partial charge in [0.05, 0.1) is 5.92 Å². The number of rotatable bonds is 5. The van der Waals surface area contributed by atoms with E-state index < -0.39 is 0 Å². The van der Waals surface area contributed by atoms with Crippen molar-refractivity contribution in [3.8, 4) is 0 Å².